The molecule has 8 nitrogen and oxygen atoms in total. The summed E-state index contributed by atoms with van der Waals surface area (Å²) in [5, 5.41) is 0. The number of benzene rings is 1. The second kappa shape index (κ2) is 10.0. The molecule has 1 fully saturated rings. The summed E-state index contributed by atoms with van der Waals surface area (Å²) in [7, 11) is 0. The Kier molecular flexibility index (Phi) is 7.75. The second-order valence-electron chi connectivity index (χ2n) is 6.82. The Morgan fingerprint density at radius 1 is 0.966 bits per heavy atom. The molecule has 0 aliphatic heterocycles. The molecule has 1 amide bonds. The van der Waals surface area contributed by atoms with Gasteiger partial charge in [-0.2, -0.15) is 0 Å². The van der Waals surface area contributed by atoms with E-state index in [9.17, 15) is 19.2 Å². The van der Waals surface area contributed by atoms with Crippen molar-refractivity contribution in [2.75, 3.05) is 19.7 Å². The van der Waals surface area contributed by atoms with Crippen LogP contribution in [0.1, 0.15) is 27.7 Å². The van der Waals surface area contributed by atoms with E-state index in [-0.39, 0.29) is 12.5 Å². The Morgan fingerprint density at radius 2 is 1.59 bits per heavy atom. The summed E-state index contributed by atoms with van der Waals surface area (Å²) in [4.78, 5) is 50.1. The van der Waals surface area contributed by atoms with Gasteiger partial charge in [0.15, 0.2) is 0 Å². The van der Waals surface area contributed by atoms with Gasteiger partial charge in [0.25, 0.3) is 0 Å². The van der Waals surface area contributed by atoms with Gasteiger partial charge in [-0.05, 0) is 26.0 Å². The van der Waals surface area contributed by atoms with Crippen molar-refractivity contribution < 1.29 is 33.4 Å². The Morgan fingerprint density at radius 3 is 2.10 bits per heavy atom. The van der Waals surface area contributed by atoms with Gasteiger partial charge in [-0.1, -0.05) is 18.2 Å². The van der Waals surface area contributed by atoms with Gasteiger partial charge in [0.05, 0.1) is 11.8 Å². The van der Waals surface area contributed by atoms with Crippen LogP contribution >= 0.6 is 0 Å². The molecule has 0 aromatic heterocycles. The standard InChI is InChI=1S/C21H27NO7/c1-5-22(6-2)20(25)18-17(16(28-14(4)24)12-27-13(3)23)19(18)21(26)29-15-10-8-7-9-11-15/h7-11,16-19H,5-6,12H2,1-4H3/t16-,17-,18+,19+/m0/s1. The van der Waals surface area contributed by atoms with E-state index in [0.717, 1.165) is 0 Å². The van der Waals surface area contributed by atoms with Crippen molar-refractivity contribution >= 4 is 23.8 Å². The van der Waals surface area contributed by atoms with Crippen LogP contribution in [0.25, 0.3) is 0 Å². The first-order valence-corrected chi connectivity index (χ1v) is 9.66. The normalized spacial score (nSPS) is 20.9. The van der Waals surface area contributed by atoms with E-state index in [4.69, 9.17) is 14.2 Å². The van der Waals surface area contributed by atoms with E-state index in [1.54, 1.807) is 35.2 Å². The quantitative estimate of drug-likeness (QED) is 0.456. The lowest BCUT2D eigenvalue weighted by atomic mass is 10.1. The molecule has 1 saturated carbocycles. The highest BCUT2D eigenvalue weighted by atomic mass is 16.6. The SMILES string of the molecule is CCN(CC)C(=O)[C@H]1[C@H](C(=O)Oc2ccccc2)[C@H]1[C@H](COC(C)=O)OC(C)=O. The van der Waals surface area contributed by atoms with Crippen molar-refractivity contribution in [1.82, 2.24) is 4.90 Å². The third-order valence-electron chi connectivity index (χ3n) is 4.87. The lowest BCUT2D eigenvalue weighted by Gasteiger charge is -2.20. The van der Waals surface area contributed by atoms with Crippen molar-refractivity contribution in [3.05, 3.63) is 30.3 Å². The molecule has 1 aromatic carbocycles. The molecule has 0 saturated heterocycles. The molecule has 0 heterocycles. The van der Waals surface area contributed by atoms with Crippen molar-refractivity contribution in [3.63, 3.8) is 0 Å². The van der Waals surface area contributed by atoms with Crippen molar-refractivity contribution in [1.29, 1.82) is 0 Å². The van der Waals surface area contributed by atoms with Crippen molar-refractivity contribution in [3.8, 4) is 5.75 Å². The first kappa shape index (κ1) is 22.4. The minimum Gasteiger partial charge on any atom is -0.462 e. The molecule has 158 valence electrons. The van der Waals surface area contributed by atoms with Crippen LogP contribution < -0.4 is 4.74 Å². The average molecular weight is 405 g/mol. The maximum Gasteiger partial charge on any atom is 0.315 e. The van der Waals surface area contributed by atoms with Crippen LogP contribution in [0.4, 0.5) is 0 Å². The van der Waals surface area contributed by atoms with Gasteiger partial charge in [-0.3, -0.25) is 19.2 Å². The Bertz CT molecular complexity index is 745. The van der Waals surface area contributed by atoms with Gasteiger partial charge in [0.2, 0.25) is 5.91 Å². The monoisotopic (exact) mass is 405 g/mol. The van der Waals surface area contributed by atoms with Gasteiger partial charge in [-0.15, -0.1) is 0 Å². The highest BCUT2D eigenvalue weighted by molar-refractivity contribution is 5.92. The maximum atomic E-state index is 12.9. The maximum absolute atomic E-state index is 12.9. The molecule has 29 heavy (non-hydrogen) atoms. The third-order valence-corrected chi connectivity index (χ3v) is 4.87. The molecule has 0 bridgehead atoms. The van der Waals surface area contributed by atoms with Crippen LogP contribution in [0.3, 0.4) is 0 Å². The number of ether oxygens (including phenoxy) is 3. The zero-order valence-corrected chi connectivity index (χ0v) is 17.1. The second-order valence-corrected chi connectivity index (χ2v) is 6.82. The fraction of sp³-hybridized carbons (Fsp3) is 0.524. The van der Waals surface area contributed by atoms with E-state index in [2.05, 4.69) is 0 Å². The number of hydrogen-bond acceptors (Lipinski definition) is 7. The third kappa shape index (κ3) is 5.79. The van der Waals surface area contributed by atoms with Crippen LogP contribution in [-0.2, 0) is 28.7 Å². The molecule has 0 radical (unpaired) electrons. The topological polar surface area (TPSA) is 99.2 Å². The van der Waals surface area contributed by atoms with Crippen molar-refractivity contribution in [2.24, 2.45) is 17.8 Å². The summed E-state index contributed by atoms with van der Waals surface area (Å²) in [6.07, 6.45) is -0.908. The molecule has 2 rings (SSSR count). The molecular formula is C21H27NO7. The van der Waals surface area contributed by atoms with Crippen molar-refractivity contribution in [2.45, 2.75) is 33.8 Å². The fourth-order valence-electron chi connectivity index (χ4n) is 3.47. The highest BCUT2D eigenvalue weighted by Gasteiger charge is 2.65. The number of carbonyl (C=O) groups excluding carboxylic acids is 4. The summed E-state index contributed by atoms with van der Waals surface area (Å²) >= 11 is 0. The van der Waals surface area contributed by atoms with Gasteiger partial charge in [-0.25, -0.2) is 0 Å². The van der Waals surface area contributed by atoms with E-state index < -0.39 is 41.8 Å². The first-order valence-electron chi connectivity index (χ1n) is 9.66. The summed E-state index contributed by atoms with van der Waals surface area (Å²) in [5.74, 6) is -3.67. The molecule has 1 aliphatic carbocycles. The predicted molar refractivity (Wildman–Crippen MR) is 103 cm³/mol. The minimum atomic E-state index is -0.908. The zero-order valence-electron chi connectivity index (χ0n) is 17.1. The minimum absolute atomic E-state index is 0.213. The number of nitrogens with zero attached hydrogens (tertiary/aromatic N) is 1. The number of hydrogen-bond donors (Lipinski definition) is 0. The molecular weight excluding hydrogens is 378 g/mol. The molecule has 0 spiro atoms. The van der Waals surface area contributed by atoms with E-state index in [0.29, 0.717) is 18.8 Å². The van der Waals surface area contributed by atoms with Gasteiger partial charge < -0.3 is 19.1 Å². The lowest BCUT2D eigenvalue weighted by Crippen LogP contribution is -2.34. The Labute approximate surface area is 170 Å². The summed E-state index contributed by atoms with van der Waals surface area (Å²) < 4.78 is 15.7. The number of para-hydroxylation sites is 1. The molecule has 0 unspecified atom stereocenters. The average Bonchev–Trinajstić information content (AvgIpc) is 3.42. The molecule has 4 atom stereocenters. The predicted octanol–water partition coefficient (Wildman–Crippen LogP) is 1.82. The van der Waals surface area contributed by atoms with Crippen LogP contribution in [0, 0.1) is 17.8 Å². The molecule has 1 aromatic rings. The number of esters is 3. The molecule has 8 heteroatoms. The summed E-state index contributed by atoms with van der Waals surface area (Å²) in [6.45, 7) is 6.90. The highest BCUT2D eigenvalue weighted by Crippen LogP contribution is 2.51. The van der Waals surface area contributed by atoms with Gasteiger partial charge in [0, 0.05) is 32.9 Å². The lowest BCUT2D eigenvalue weighted by molar-refractivity contribution is -0.158. The van der Waals surface area contributed by atoms with Crippen LogP contribution in [0.2, 0.25) is 0 Å². The van der Waals surface area contributed by atoms with Gasteiger partial charge in [0.1, 0.15) is 18.5 Å². The van der Waals surface area contributed by atoms with Crippen LogP contribution in [-0.4, -0.2) is 54.5 Å². The van der Waals surface area contributed by atoms with E-state index >= 15 is 0 Å². The van der Waals surface area contributed by atoms with E-state index in [1.165, 1.54) is 13.8 Å². The summed E-state index contributed by atoms with van der Waals surface area (Å²) in [5.41, 5.74) is 0. The molecule has 0 N–H and O–H groups in total. The number of rotatable bonds is 9. The zero-order chi connectivity index (χ0) is 21.6. The smallest absolute Gasteiger partial charge is 0.315 e. The molecule has 1 aliphatic rings. The Balaban J connectivity index is 2.25. The Hall–Kier alpha value is -2.90. The van der Waals surface area contributed by atoms with E-state index in [1.807, 2.05) is 13.8 Å². The van der Waals surface area contributed by atoms with Crippen LogP contribution in [0.15, 0.2) is 30.3 Å². The number of amides is 1. The summed E-state index contributed by atoms with van der Waals surface area (Å²) in [6, 6.07) is 8.53. The van der Waals surface area contributed by atoms with Gasteiger partial charge >= 0.3 is 17.9 Å². The fourth-order valence-corrected chi connectivity index (χ4v) is 3.47. The van der Waals surface area contributed by atoms with Crippen LogP contribution in [0.5, 0.6) is 5.75 Å². The number of carbonyl (C=O) groups is 4. The first-order chi connectivity index (χ1) is 13.8. The largest absolute Gasteiger partial charge is 0.462 e.